The lowest BCUT2D eigenvalue weighted by molar-refractivity contribution is -0.138. The van der Waals surface area contributed by atoms with Crippen molar-refractivity contribution in [3.63, 3.8) is 0 Å². The predicted molar refractivity (Wildman–Crippen MR) is 55.4 cm³/mol. The number of carbonyl (C=O) groups excluding carboxylic acids is 1. The third kappa shape index (κ3) is 3.09. The fourth-order valence-corrected chi connectivity index (χ4v) is 1.07. The molecule has 0 saturated carbocycles. The van der Waals surface area contributed by atoms with Crippen LogP contribution in [0.2, 0.25) is 0 Å². The van der Waals surface area contributed by atoms with E-state index in [0.29, 0.717) is 12.3 Å². The van der Waals surface area contributed by atoms with Crippen LogP contribution in [0.4, 0.5) is 0 Å². The Morgan fingerprint density at radius 3 is 3.00 bits per heavy atom. The Labute approximate surface area is 88.2 Å². The number of rotatable bonds is 4. The molecule has 4 nitrogen and oxygen atoms in total. The zero-order valence-corrected chi connectivity index (χ0v) is 8.56. The van der Waals surface area contributed by atoms with Crippen molar-refractivity contribution in [2.45, 2.75) is 13.3 Å². The molecule has 0 radical (unpaired) electrons. The van der Waals surface area contributed by atoms with Crippen molar-refractivity contribution in [3.05, 3.63) is 36.2 Å². The summed E-state index contributed by atoms with van der Waals surface area (Å²) in [5.41, 5.74) is 0.710. The second-order valence-corrected chi connectivity index (χ2v) is 2.97. The van der Waals surface area contributed by atoms with Crippen molar-refractivity contribution in [1.82, 2.24) is 4.98 Å². The van der Waals surface area contributed by atoms with E-state index >= 15 is 0 Å². The highest BCUT2D eigenvalue weighted by molar-refractivity contribution is 5.88. The molecule has 1 N–H and O–H groups in total. The van der Waals surface area contributed by atoms with Crippen LogP contribution in [0.3, 0.4) is 0 Å². The molecule has 0 fully saturated rings. The van der Waals surface area contributed by atoms with Gasteiger partial charge in [-0.05, 0) is 19.1 Å². The first kappa shape index (κ1) is 11.2. The number of hydrogen-bond acceptors (Lipinski definition) is 4. The lowest BCUT2D eigenvalue weighted by atomic mass is 10.1. The van der Waals surface area contributed by atoms with Crippen LogP contribution in [-0.4, -0.2) is 22.7 Å². The number of nitrogens with zero attached hydrogens (tertiary/aromatic N) is 1. The van der Waals surface area contributed by atoms with Crippen LogP contribution in [0.1, 0.15) is 12.6 Å². The fourth-order valence-electron chi connectivity index (χ4n) is 1.07. The molecule has 0 atom stereocenters. The molecule has 1 aromatic heterocycles. The highest BCUT2D eigenvalue weighted by Crippen LogP contribution is 2.16. The van der Waals surface area contributed by atoms with Gasteiger partial charge in [0.2, 0.25) is 0 Å². The number of hydrogen-bond donors (Lipinski definition) is 1. The summed E-state index contributed by atoms with van der Waals surface area (Å²) < 4.78 is 4.77. The van der Waals surface area contributed by atoms with Gasteiger partial charge in [-0.25, -0.2) is 4.79 Å². The smallest absolute Gasteiger partial charge is 0.333 e. The summed E-state index contributed by atoms with van der Waals surface area (Å²) in [7, 11) is 0. The average Bonchev–Trinajstić information content (AvgIpc) is 2.21. The Balaban J connectivity index is 2.67. The Morgan fingerprint density at radius 1 is 1.67 bits per heavy atom. The van der Waals surface area contributed by atoms with E-state index in [9.17, 15) is 9.90 Å². The van der Waals surface area contributed by atoms with Gasteiger partial charge in [0.1, 0.15) is 5.75 Å². The molecule has 0 aliphatic rings. The van der Waals surface area contributed by atoms with Gasteiger partial charge in [0.15, 0.2) is 0 Å². The van der Waals surface area contributed by atoms with Gasteiger partial charge in [-0.2, -0.15) is 0 Å². The van der Waals surface area contributed by atoms with Crippen molar-refractivity contribution < 1.29 is 14.6 Å². The monoisotopic (exact) mass is 207 g/mol. The molecule has 0 aliphatic heterocycles. The van der Waals surface area contributed by atoms with E-state index in [1.54, 1.807) is 19.2 Å². The second-order valence-electron chi connectivity index (χ2n) is 2.97. The number of esters is 1. The lowest BCUT2D eigenvalue weighted by Crippen LogP contribution is -2.09. The molecule has 1 heterocycles. The van der Waals surface area contributed by atoms with Gasteiger partial charge in [-0.1, -0.05) is 6.58 Å². The molecule has 1 aromatic rings. The average molecular weight is 207 g/mol. The molecule has 15 heavy (non-hydrogen) atoms. The summed E-state index contributed by atoms with van der Waals surface area (Å²) >= 11 is 0. The normalized spacial score (nSPS) is 9.67. The standard InChI is InChI=1S/C11H13NO3/c1-3-15-11(14)8(2)7-9-10(13)5-4-6-12-9/h4-6,13H,2-3,7H2,1H3. The van der Waals surface area contributed by atoms with E-state index in [1.807, 2.05) is 0 Å². The summed E-state index contributed by atoms with van der Waals surface area (Å²) in [6.45, 7) is 5.62. The fraction of sp³-hybridized carbons (Fsp3) is 0.273. The molecule has 1 rings (SSSR count). The molecule has 0 aromatic carbocycles. The molecule has 80 valence electrons. The van der Waals surface area contributed by atoms with Crippen LogP contribution in [0.15, 0.2) is 30.5 Å². The SMILES string of the molecule is C=C(Cc1ncccc1O)C(=O)OCC. The third-order valence-electron chi connectivity index (χ3n) is 1.81. The molecule has 0 aliphatic carbocycles. The Bertz CT molecular complexity index is 374. The van der Waals surface area contributed by atoms with E-state index < -0.39 is 5.97 Å². The minimum absolute atomic E-state index is 0.0583. The quantitative estimate of drug-likeness (QED) is 0.599. The highest BCUT2D eigenvalue weighted by atomic mass is 16.5. The Hall–Kier alpha value is -1.84. The van der Waals surface area contributed by atoms with Gasteiger partial charge in [0, 0.05) is 18.2 Å². The third-order valence-corrected chi connectivity index (χ3v) is 1.81. The first-order valence-electron chi connectivity index (χ1n) is 4.63. The largest absolute Gasteiger partial charge is 0.506 e. The van der Waals surface area contributed by atoms with Crippen LogP contribution < -0.4 is 0 Å². The Morgan fingerprint density at radius 2 is 2.40 bits per heavy atom. The molecule has 0 unspecified atom stereocenters. The van der Waals surface area contributed by atoms with Gasteiger partial charge in [-0.3, -0.25) is 4.98 Å². The van der Waals surface area contributed by atoms with Gasteiger partial charge in [-0.15, -0.1) is 0 Å². The molecule has 0 amide bonds. The minimum atomic E-state index is -0.456. The van der Waals surface area contributed by atoms with Crippen LogP contribution in [0.25, 0.3) is 0 Å². The van der Waals surface area contributed by atoms with Crippen molar-refractivity contribution in [2.24, 2.45) is 0 Å². The van der Waals surface area contributed by atoms with E-state index in [2.05, 4.69) is 11.6 Å². The van der Waals surface area contributed by atoms with Crippen molar-refractivity contribution in [1.29, 1.82) is 0 Å². The van der Waals surface area contributed by atoms with Crippen LogP contribution in [0.5, 0.6) is 5.75 Å². The summed E-state index contributed by atoms with van der Waals surface area (Å²) in [6.07, 6.45) is 1.75. The topological polar surface area (TPSA) is 59.4 Å². The zero-order chi connectivity index (χ0) is 11.3. The summed E-state index contributed by atoms with van der Waals surface area (Å²) in [5, 5.41) is 9.42. The minimum Gasteiger partial charge on any atom is -0.506 e. The highest BCUT2D eigenvalue weighted by Gasteiger charge is 2.11. The Kier molecular flexibility index (Phi) is 3.85. The summed E-state index contributed by atoms with van der Waals surface area (Å²) in [5.74, 6) is -0.398. The van der Waals surface area contributed by atoms with Crippen LogP contribution >= 0.6 is 0 Å². The first-order chi connectivity index (χ1) is 7.15. The van der Waals surface area contributed by atoms with E-state index in [0.717, 1.165) is 0 Å². The predicted octanol–water partition coefficient (Wildman–Crippen LogP) is 1.45. The lowest BCUT2D eigenvalue weighted by Gasteiger charge is -2.05. The maximum Gasteiger partial charge on any atom is 0.333 e. The molecule has 0 saturated heterocycles. The van der Waals surface area contributed by atoms with Crippen molar-refractivity contribution in [3.8, 4) is 5.75 Å². The molecular formula is C11H13NO3. The number of aromatic nitrogens is 1. The molecule has 0 bridgehead atoms. The first-order valence-corrected chi connectivity index (χ1v) is 4.63. The summed E-state index contributed by atoms with van der Waals surface area (Å²) in [4.78, 5) is 15.2. The summed E-state index contributed by atoms with van der Waals surface area (Å²) in [6, 6.07) is 3.13. The van der Waals surface area contributed by atoms with E-state index in [1.165, 1.54) is 6.07 Å². The van der Waals surface area contributed by atoms with Gasteiger partial charge >= 0.3 is 5.97 Å². The molecule has 0 spiro atoms. The van der Waals surface area contributed by atoms with Gasteiger partial charge < -0.3 is 9.84 Å². The van der Waals surface area contributed by atoms with Crippen LogP contribution in [0, 0.1) is 0 Å². The van der Waals surface area contributed by atoms with Gasteiger partial charge in [0.25, 0.3) is 0 Å². The van der Waals surface area contributed by atoms with E-state index in [4.69, 9.17) is 4.74 Å². The number of pyridine rings is 1. The number of aromatic hydroxyl groups is 1. The van der Waals surface area contributed by atoms with E-state index in [-0.39, 0.29) is 17.7 Å². The maximum absolute atomic E-state index is 11.2. The van der Waals surface area contributed by atoms with Crippen LogP contribution in [-0.2, 0) is 16.0 Å². The molecule has 4 heteroatoms. The molecular weight excluding hydrogens is 194 g/mol. The van der Waals surface area contributed by atoms with Gasteiger partial charge in [0.05, 0.1) is 12.3 Å². The van der Waals surface area contributed by atoms with Crippen molar-refractivity contribution in [2.75, 3.05) is 6.61 Å². The second kappa shape index (κ2) is 5.14. The zero-order valence-electron chi connectivity index (χ0n) is 8.56. The number of carbonyl (C=O) groups is 1. The maximum atomic E-state index is 11.2. The number of ether oxygens (including phenoxy) is 1. The van der Waals surface area contributed by atoms with Crippen molar-refractivity contribution >= 4 is 5.97 Å².